The number of ether oxygens (including phenoxy) is 1. The molecule has 1 aromatic heterocycles. The van der Waals surface area contributed by atoms with E-state index in [-0.39, 0.29) is 12.0 Å². The zero-order chi connectivity index (χ0) is 26.7. The van der Waals surface area contributed by atoms with E-state index in [0.717, 1.165) is 35.0 Å². The van der Waals surface area contributed by atoms with Gasteiger partial charge < -0.3 is 15.2 Å². The van der Waals surface area contributed by atoms with Crippen LogP contribution in [0.25, 0.3) is 10.9 Å². The molecule has 3 atom stereocenters. The van der Waals surface area contributed by atoms with Gasteiger partial charge in [0.15, 0.2) is 0 Å². The molecule has 1 fully saturated rings. The fourth-order valence-corrected chi connectivity index (χ4v) is 6.71. The van der Waals surface area contributed by atoms with Gasteiger partial charge in [0, 0.05) is 38.1 Å². The molecule has 2 heterocycles. The van der Waals surface area contributed by atoms with E-state index in [1.54, 1.807) is 7.11 Å². The Hall–Kier alpha value is -2.57. The van der Waals surface area contributed by atoms with Crippen LogP contribution in [0, 0.1) is 0 Å². The highest BCUT2D eigenvalue weighted by Gasteiger charge is 2.44. The number of hydrogen-bond acceptors (Lipinski definition) is 5. The molecule has 1 saturated heterocycles. The molecular formula is C32H35ClN2O2S. The third-order valence-electron chi connectivity index (χ3n) is 7.31. The van der Waals surface area contributed by atoms with Gasteiger partial charge in [-0.2, -0.15) is 0 Å². The highest BCUT2D eigenvalue weighted by Crippen LogP contribution is 2.45. The molecule has 1 aliphatic rings. The summed E-state index contributed by atoms with van der Waals surface area (Å²) >= 11 is 8.11. The minimum Gasteiger partial charge on any atom is -0.481 e. The number of fused-ring (bicyclic) bond motifs is 1. The van der Waals surface area contributed by atoms with E-state index in [4.69, 9.17) is 21.3 Å². The van der Waals surface area contributed by atoms with Crippen LogP contribution < -0.4 is 10.1 Å². The Bertz CT molecular complexity index is 1380. The van der Waals surface area contributed by atoms with Crippen molar-refractivity contribution in [2.75, 3.05) is 13.7 Å². The van der Waals surface area contributed by atoms with Crippen LogP contribution >= 0.6 is 23.4 Å². The van der Waals surface area contributed by atoms with Crippen molar-refractivity contribution < 1.29 is 9.84 Å². The molecule has 0 amide bonds. The molecular weight excluding hydrogens is 512 g/mol. The number of benzene rings is 3. The van der Waals surface area contributed by atoms with Crippen LogP contribution in [0.3, 0.4) is 0 Å². The number of piperidine rings is 1. The van der Waals surface area contributed by atoms with Gasteiger partial charge in [-0.1, -0.05) is 67.9 Å². The van der Waals surface area contributed by atoms with Gasteiger partial charge in [-0.25, -0.2) is 4.98 Å². The number of halogens is 1. The number of rotatable bonds is 8. The van der Waals surface area contributed by atoms with E-state index in [1.165, 1.54) is 10.5 Å². The first-order valence-corrected chi connectivity index (χ1v) is 14.5. The Morgan fingerprint density at radius 1 is 1.08 bits per heavy atom. The topological polar surface area (TPSA) is 54.4 Å². The summed E-state index contributed by atoms with van der Waals surface area (Å²) < 4.78 is 5.86. The zero-order valence-electron chi connectivity index (χ0n) is 22.2. The number of aromatic nitrogens is 1. The van der Waals surface area contributed by atoms with Crippen molar-refractivity contribution in [2.24, 2.45) is 0 Å². The lowest BCUT2D eigenvalue weighted by Gasteiger charge is -2.43. The van der Waals surface area contributed by atoms with Crippen molar-refractivity contribution in [1.29, 1.82) is 0 Å². The predicted octanol–water partition coefficient (Wildman–Crippen LogP) is 7.26. The number of aliphatic hydroxyl groups is 1. The van der Waals surface area contributed by atoms with Gasteiger partial charge in [0.2, 0.25) is 5.88 Å². The average Bonchev–Trinajstić information content (AvgIpc) is 2.90. The van der Waals surface area contributed by atoms with Gasteiger partial charge in [0.25, 0.3) is 0 Å². The van der Waals surface area contributed by atoms with E-state index in [1.807, 2.05) is 42.1 Å². The molecule has 0 saturated carbocycles. The predicted molar refractivity (Wildman–Crippen MR) is 159 cm³/mol. The lowest BCUT2D eigenvalue weighted by molar-refractivity contribution is -0.0191. The fraction of sp³-hybridized carbons (Fsp3) is 0.344. The second kappa shape index (κ2) is 11.7. The van der Waals surface area contributed by atoms with Gasteiger partial charge >= 0.3 is 0 Å². The molecule has 0 aliphatic carbocycles. The molecule has 1 aliphatic heterocycles. The maximum absolute atomic E-state index is 12.5. The van der Waals surface area contributed by atoms with E-state index < -0.39 is 5.60 Å². The van der Waals surface area contributed by atoms with E-state index in [2.05, 4.69) is 67.7 Å². The SMILES string of the molecule is COc1nc2ccc(SC(C)C)cc2cc1C(c1ccc(Cl)cc1)C1(O)CCNC(Cc2ccccc2)C1. The van der Waals surface area contributed by atoms with Crippen molar-refractivity contribution in [3.63, 3.8) is 0 Å². The number of nitrogens with one attached hydrogen (secondary N) is 1. The highest BCUT2D eigenvalue weighted by molar-refractivity contribution is 7.99. The number of hydrogen-bond donors (Lipinski definition) is 2. The van der Waals surface area contributed by atoms with Crippen molar-refractivity contribution in [1.82, 2.24) is 10.3 Å². The van der Waals surface area contributed by atoms with Crippen LogP contribution in [0.2, 0.25) is 5.02 Å². The molecule has 198 valence electrons. The summed E-state index contributed by atoms with van der Waals surface area (Å²) in [5.41, 5.74) is 3.05. The first-order valence-electron chi connectivity index (χ1n) is 13.2. The summed E-state index contributed by atoms with van der Waals surface area (Å²) in [6.07, 6.45) is 2.09. The first kappa shape index (κ1) is 27.0. The van der Waals surface area contributed by atoms with Crippen LogP contribution in [0.5, 0.6) is 5.88 Å². The largest absolute Gasteiger partial charge is 0.481 e. The van der Waals surface area contributed by atoms with Crippen molar-refractivity contribution in [3.8, 4) is 5.88 Å². The summed E-state index contributed by atoms with van der Waals surface area (Å²) in [6.45, 7) is 5.12. The second-order valence-corrected chi connectivity index (χ2v) is 12.6. The Morgan fingerprint density at radius 2 is 1.84 bits per heavy atom. The normalized spacial score (nSPS) is 20.5. The van der Waals surface area contributed by atoms with Crippen molar-refractivity contribution in [3.05, 3.63) is 101 Å². The molecule has 0 bridgehead atoms. The van der Waals surface area contributed by atoms with Crippen LogP contribution in [-0.2, 0) is 6.42 Å². The van der Waals surface area contributed by atoms with Crippen LogP contribution in [0.15, 0.2) is 83.8 Å². The number of pyridine rings is 1. The van der Waals surface area contributed by atoms with Crippen molar-refractivity contribution >= 4 is 34.3 Å². The summed E-state index contributed by atoms with van der Waals surface area (Å²) in [5.74, 6) is 0.224. The minimum atomic E-state index is -0.995. The fourth-order valence-electron chi connectivity index (χ4n) is 5.70. The minimum absolute atomic E-state index is 0.152. The summed E-state index contributed by atoms with van der Waals surface area (Å²) in [6, 6.07) is 27.0. The maximum atomic E-state index is 12.5. The van der Waals surface area contributed by atoms with E-state index >= 15 is 0 Å². The van der Waals surface area contributed by atoms with Gasteiger partial charge in [0.1, 0.15) is 0 Å². The van der Waals surface area contributed by atoms with Gasteiger partial charge in [0.05, 0.1) is 18.2 Å². The molecule has 38 heavy (non-hydrogen) atoms. The summed E-state index contributed by atoms with van der Waals surface area (Å²) in [5, 5.41) is 18.3. The maximum Gasteiger partial charge on any atom is 0.217 e. The number of thioether (sulfide) groups is 1. The highest BCUT2D eigenvalue weighted by atomic mass is 35.5. The molecule has 6 heteroatoms. The Kier molecular flexibility index (Phi) is 8.29. The second-order valence-electron chi connectivity index (χ2n) is 10.5. The van der Waals surface area contributed by atoms with E-state index in [0.29, 0.717) is 29.0 Å². The monoisotopic (exact) mass is 546 g/mol. The first-order chi connectivity index (χ1) is 18.3. The Morgan fingerprint density at radius 3 is 2.55 bits per heavy atom. The third-order valence-corrected chi connectivity index (χ3v) is 8.56. The van der Waals surface area contributed by atoms with Crippen LogP contribution in [0.1, 0.15) is 49.3 Å². The average molecular weight is 547 g/mol. The summed E-state index contributed by atoms with van der Waals surface area (Å²) in [7, 11) is 1.66. The zero-order valence-corrected chi connectivity index (χ0v) is 23.7. The smallest absolute Gasteiger partial charge is 0.217 e. The van der Waals surface area contributed by atoms with Crippen LogP contribution in [0.4, 0.5) is 0 Å². The third kappa shape index (κ3) is 6.02. The Labute approximate surface area is 234 Å². The lowest BCUT2D eigenvalue weighted by atomic mass is 9.70. The van der Waals surface area contributed by atoms with E-state index in [9.17, 15) is 5.11 Å². The quantitative estimate of drug-likeness (QED) is 0.228. The standard InChI is InChI=1S/C32H35ClN2O2S/c1-21(2)38-27-13-14-29-24(18-27)19-28(31(35-29)37-3)30(23-9-11-25(33)12-10-23)32(36)15-16-34-26(20-32)17-22-7-5-4-6-8-22/h4-14,18-19,21,26,30,34,36H,15-17,20H2,1-3H3. The van der Waals surface area contributed by atoms with Crippen LogP contribution in [-0.4, -0.2) is 40.6 Å². The molecule has 0 radical (unpaired) electrons. The molecule has 2 N–H and O–H groups in total. The van der Waals surface area contributed by atoms with Gasteiger partial charge in [-0.05, 0) is 73.3 Å². The van der Waals surface area contributed by atoms with Crippen molar-refractivity contribution in [2.45, 2.75) is 60.8 Å². The molecule has 5 rings (SSSR count). The molecule has 4 nitrogen and oxygen atoms in total. The van der Waals surface area contributed by atoms with Gasteiger partial charge in [-0.15, -0.1) is 11.8 Å². The lowest BCUT2D eigenvalue weighted by Crippen LogP contribution is -2.52. The molecule has 4 aromatic rings. The molecule has 3 aromatic carbocycles. The number of methoxy groups -OCH3 is 1. The molecule has 3 unspecified atom stereocenters. The number of nitrogens with zero attached hydrogens (tertiary/aromatic N) is 1. The Balaban J connectivity index is 1.60. The molecule has 0 spiro atoms. The summed E-state index contributed by atoms with van der Waals surface area (Å²) in [4.78, 5) is 6.11. The van der Waals surface area contributed by atoms with Gasteiger partial charge in [-0.3, -0.25) is 0 Å².